The van der Waals surface area contributed by atoms with Crippen molar-refractivity contribution in [3.63, 3.8) is 0 Å². The van der Waals surface area contributed by atoms with Gasteiger partial charge in [0.2, 0.25) is 0 Å². The summed E-state index contributed by atoms with van der Waals surface area (Å²) in [7, 11) is 1.73. The second-order valence-electron chi connectivity index (χ2n) is 7.53. The maximum absolute atomic E-state index is 6.27. The van der Waals surface area contributed by atoms with Crippen molar-refractivity contribution >= 4 is 11.0 Å². The highest BCUT2D eigenvalue weighted by Crippen LogP contribution is 2.51. The molecule has 0 N–H and O–H groups in total. The van der Waals surface area contributed by atoms with E-state index in [9.17, 15) is 0 Å². The third-order valence-corrected chi connectivity index (χ3v) is 5.90. The van der Waals surface area contributed by atoms with E-state index in [1.807, 2.05) is 31.2 Å². The maximum atomic E-state index is 6.27. The van der Waals surface area contributed by atoms with Crippen LogP contribution in [0.5, 0.6) is 5.75 Å². The molecule has 0 aliphatic heterocycles. The highest BCUT2D eigenvalue weighted by molar-refractivity contribution is 5.95. The molecule has 0 saturated heterocycles. The van der Waals surface area contributed by atoms with Gasteiger partial charge in [-0.2, -0.15) is 0 Å². The molecule has 0 radical (unpaired) electrons. The van der Waals surface area contributed by atoms with Crippen LogP contribution in [0.1, 0.15) is 36.0 Å². The minimum absolute atomic E-state index is 0.220. The van der Waals surface area contributed by atoms with Gasteiger partial charge >= 0.3 is 0 Å². The molecule has 27 heavy (non-hydrogen) atoms. The molecule has 0 unspecified atom stereocenters. The van der Waals surface area contributed by atoms with E-state index in [-0.39, 0.29) is 5.41 Å². The second-order valence-corrected chi connectivity index (χ2v) is 7.53. The summed E-state index contributed by atoms with van der Waals surface area (Å²) in [5.41, 5.74) is 4.19. The predicted molar refractivity (Wildman–Crippen MR) is 106 cm³/mol. The van der Waals surface area contributed by atoms with Crippen LogP contribution in [0.4, 0.5) is 0 Å². The first-order valence-corrected chi connectivity index (χ1v) is 9.37. The Balaban J connectivity index is 1.81. The van der Waals surface area contributed by atoms with E-state index in [4.69, 9.17) is 13.6 Å². The van der Waals surface area contributed by atoms with Crippen molar-refractivity contribution in [2.75, 3.05) is 7.11 Å². The second kappa shape index (κ2) is 5.78. The Morgan fingerprint density at radius 1 is 0.963 bits per heavy atom. The first-order chi connectivity index (χ1) is 13.1. The first kappa shape index (κ1) is 16.2. The molecule has 3 nitrogen and oxygen atoms in total. The standard InChI is InChI=1S/C24H22O3/c1-15-14-18-23(26-15)22-16-8-4-6-10-19(16)27-21(22)12-13-24(18,2)17-9-5-7-11-20(17)25-3/h4-11,14H,12-13H2,1-3H3/t24-/m0/s1. The molecule has 5 rings (SSSR count). The fourth-order valence-electron chi connectivity index (χ4n) is 4.51. The molecule has 4 aromatic rings. The Morgan fingerprint density at radius 2 is 1.74 bits per heavy atom. The molecule has 0 spiro atoms. The van der Waals surface area contributed by atoms with Crippen LogP contribution < -0.4 is 4.74 Å². The molecule has 1 atom stereocenters. The summed E-state index contributed by atoms with van der Waals surface area (Å²) in [6, 6.07) is 18.7. The number of furan rings is 2. The van der Waals surface area contributed by atoms with Gasteiger partial charge in [0.05, 0.1) is 12.7 Å². The SMILES string of the molecule is COc1ccccc1[C@]1(C)CCc2oc3ccccc3c2-c2oc(C)cc21. The average Bonchev–Trinajstić information content (AvgIpc) is 3.23. The van der Waals surface area contributed by atoms with Crippen LogP contribution >= 0.6 is 0 Å². The summed E-state index contributed by atoms with van der Waals surface area (Å²) in [5.74, 6) is 3.76. The average molecular weight is 358 g/mol. The van der Waals surface area contributed by atoms with Gasteiger partial charge in [-0.15, -0.1) is 0 Å². The third-order valence-electron chi connectivity index (χ3n) is 5.90. The number of para-hydroxylation sites is 2. The van der Waals surface area contributed by atoms with Gasteiger partial charge in [-0.3, -0.25) is 0 Å². The quantitative estimate of drug-likeness (QED) is 0.424. The van der Waals surface area contributed by atoms with Crippen molar-refractivity contribution in [1.82, 2.24) is 0 Å². The number of ether oxygens (including phenoxy) is 1. The van der Waals surface area contributed by atoms with E-state index in [1.54, 1.807) is 7.11 Å². The van der Waals surface area contributed by atoms with Crippen LogP contribution in [0.2, 0.25) is 0 Å². The number of hydrogen-bond acceptors (Lipinski definition) is 3. The Hall–Kier alpha value is -2.94. The number of aryl methyl sites for hydroxylation is 2. The zero-order valence-corrected chi connectivity index (χ0v) is 15.8. The van der Waals surface area contributed by atoms with Crippen molar-refractivity contribution in [2.24, 2.45) is 0 Å². The van der Waals surface area contributed by atoms with E-state index >= 15 is 0 Å². The van der Waals surface area contributed by atoms with Crippen LogP contribution in [-0.4, -0.2) is 7.11 Å². The number of benzene rings is 2. The zero-order chi connectivity index (χ0) is 18.6. The number of fused-ring (bicyclic) bond motifs is 5. The molecule has 0 fully saturated rings. The van der Waals surface area contributed by atoms with E-state index < -0.39 is 0 Å². The van der Waals surface area contributed by atoms with Gasteiger partial charge in [0.15, 0.2) is 0 Å². The topological polar surface area (TPSA) is 35.5 Å². The lowest BCUT2D eigenvalue weighted by Crippen LogP contribution is -2.24. The minimum Gasteiger partial charge on any atom is -0.496 e. The zero-order valence-electron chi connectivity index (χ0n) is 15.8. The van der Waals surface area contributed by atoms with Crippen LogP contribution in [0.3, 0.4) is 0 Å². The number of methoxy groups -OCH3 is 1. The van der Waals surface area contributed by atoms with Crippen LogP contribution in [-0.2, 0) is 11.8 Å². The summed E-state index contributed by atoms with van der Waals surface area (Å²) in [5, 5.41) is 1.12. The smallest absolute Gasteiger partial charge is 0.142 e. The summed E-state index contributed by atoms with van der Waals surface area (Å²) in [6.07, 6.45) is 1.77. The number of hydrogen-bond donors (Lipinski definition) is 0. The maximum Gasteiger partial charge on any atom is 0.142 e. The predicted octanol–water partition coefficient (Wildman–Crippen LogP) is 6.26. The van der Waals surface area contributed by atoms with Crippen molar-refractivity contribution in [1.29, 1.82) is 0 Å². The molecule has 136 valence electrons. The van der Waals surface area contributed by atoms with Gasteiger partial charge in [0.25, 0.3) is 0 Å². The fraction of sp³-hybridized carbons (Fsp3) is 0.250. The highest BCUT2D eigenvalue weighted by atomic mass is 16.5. The van der Waals surface area contributed by atoms with Crippen molar-refractivity contribution in [3.05, 3.63) is 77.2 Å². The molecule has 2 heterocycles. The molecule has 0 amide bonds. The van der Waals surface area contributed by atoms with Gasteiger partial charge in [-0.1, -0.05) is 43.3 Å². The number of rotatable bonds is 2. The van der Waals surface area contributed by atoms with Gasteiger partial charge in [0.1, 0.15) is 28.6 Å². The van der Waals surface area contributed by atoms with Crippen molar-refractivity contribution in [3.8, 4) is 17.1 Å². The summed E-state index contributed by atoms with van der Waals surface area (Å²) < 4.78 is 18.2. The van der Waals surface area contributed by atoms with E-state index in [0.29, 0.717) is 0 Å². The van der Waals surface area contributed by atoms with E-state index in [2.05, 4.69) is 37.3 Å². The lowest BCUT2D eigenvalue weighted by molar-refractivity contribution is 0.390. The molecular formula is C24H22O3. The van der Waals surface area contributed by atoms with Gasteiger partial charge in [-0.25, -0.2) is 0 Å². The van der Waals surface area contributed by atoms with Crippen LogP contribution in [0.25, 0.3) is 22.3 Å². The fourth-order valence-corrected chi connectivity index (χ4v) is 4.51. The lowest BCUT2D eigenvalue weighted by Gasteiger charge is -2.30. The summed E-state index contributed by atoms with van der Waals surface area (Å²) in [4.78, 5) is 0. The molecule has 0 bridgehead atoms. The molecule has 1 aliphatic carbocycles. The molecule has 2 aromatic carbocycles. The monoisotopic (exact) mass is 358 g/mol. The van der Waals surface area contributed by atoms with Gasteiger partial charge < -0.3 is 13.6 Å². The van der Waals surface area contributed by atoms with Crippen molar-refractivity contribution in [2.45, 2.75) is 32.1 Å². The summed E-state index contributed by atoms with van der Waals surface area (Å²) >= 11 is 0. The minimum atomic E-state index is -0.220. The molecular weight excluding hydrogens is 336 g/mol. The van der Waals surface area contributed by atoms with Crippen molar-refractivity contribution < 1.29 is 13.6 Å². The molecule has 1 aliphatic rings. The summed E-state index contributed by atoms with van der Waals surface area (Å²) in [6.45, 7) is 4.30. The van der Waals surface area contributed by atoms with Crippen LogP contribution in [0, 0.1) is 6.92 Å². The Labute approximate surface area is 158 Å². The van der Waals surface area contributed by atoms with Gasteiger partial charge in [-0.05, 0) is 31.5 Å². The van der Waals surface area contributed by atoms with E-state index in [0.717, 1.165) is 52.4 Å². The van der Waals surface area contributed by atoms with Gasteiger partial charge in [0, 0.05) is 28.3 Å². The molecule has 2 aromatic heterocycles. The Kier molecular flexibility index (Phi) is 3.48. The Bertz CT molecular complexity index is 1150. The lowest BCUT2D eigenvalue weighted by atomic mass is 9.73. The third kappa shape index (κ3) is 2.27. The normalized spacial score (nSPS) is 18.8. The molecule has 0 saturated carbocycles. The largest absolute Gasteiger partial charge is 0.496 e. The Morgan fingerprint density at radius 3 is 2.59 bits per heavy atom. The van der Waals surface area contributed by atoms with E-state index in [1.165, 1.54) is 11.1 Å². The highest BCUT2D eigenvalue weighted by Gasteiger charge is 2.40. The first-order valence-electron chi connectivity index (χ1n) is 9.37. The van der Waals surface area contributed by atoms with Crippen LogP contribution in [0.15, 0.2) is 63.4 Å². The molecule has 3 heteroatoms.